The number of hydrogen-bond acceptors (Lipinski definition) is 3. The molecule has 0 radical (unpaired) electrons. The van der Waals surface area contributed by atoms with Gasteiger partial charge in [0.05, 0.1) is 5.52 Å². The molecule has 0 bridgehead atoms. The molecule has 0 amide bonds. The van der Waals surface area contributed by atoms with Crippen LogP contribution in [0.2, 0.25) is 0 Å². The maximum Gasteiger partial charge on any atom is 0.171 e. The SMILES string of the molecule is C=Cc1ncn2c3c(Br)cc(C)cc3c3nncn3c12. The van der Waals surface area contributed by atoms with Crippen molar-refractivity contribution in [3.05, 3.63) is 47.1 Å². The maximum absolute atomic E-state index is 4.40. The summed E-state index contributed by atoms with van der Waals surface area (Å²) in [5.41, 5.74) is 4.74. The lowest BCUT2D eigenvalue weighted by Crippen LogP contribution is -1.98. The van der Waals surface area contributed by atoms with Crippen LogP contribution in [0.15, 0.2) is 35.8 Å². The Morgan fingerprint density at radius 3 is 2.90 bits per heavy atom. The Morgan fingerprint density at radius 2 is 2.10 bits per heavy atom. The van der Waals surface area contributed by atoms with Crippen molar-refractivity contribution in [2.24, 2.45) is 0 Å². The fraction of sp³-hybridized carbons (Fsp3) is 0.0714. The van der Waals surface area contributed by atoms with Crippen LogP contribution in [0.5, 0.6) is 0 Å². The Kier molecular flexibility index (Phi) is 2.26. The Balaban J connectivity index is 2.44. The van der Waals surface area contributed by atoms with E-state index in [1.807, 2.05) is 8.80 Å². The predicted octanol–water partition coefficient (Wildman–Crippen LogP) is 3.24. The molecule has 3 heterocycles. The smallest absolute Gasteiger partial charge is 0.171 e. The van der Waals surface area contributed by atoms with Gasteiger partial charge in [-0.2, -0.15) is 0 Å². The average molecular weight is 328 g/mol. The second-order valence-electron chi connectivity index (χ2n) is 4.70. The van der Waals surface area contributed by atoms with Crippen molar-refractivity contribution in [3.8, 4) is 0 Å². The van der Waals surface area contributed by atoms with E-state index in [-0.39, 0.29) is 0 Å². The summed E-state index contributed by atoms with van der Waals surface area (Å²) >= 11 is 3.64. The molecule has 98 valence electrons. The molecule has 0 unspecified atom stereocenters. The molecule has 3 aromatic heterocycles. The minimum Gasteiger partial charge on any atom is -0.282 e. The molecule has 1 aromatic carbocycles. The second-order valence-corrected chi connectivity index (χ2v) is 5.55. The van der Waals surface area contributed by atoms with Crippen LogP contribution in [0.25, 0.3) is 28.3 Å². The quantitative estimate of drug-likeness (QED) is 0.539. The second kappa shape index (κ2) is 3.89. The van der Waals surface area contributed by atoms with Crippen LogP contribution in [0, 0.1) is 6.92 Å². The van der Waals surface area contributed by atoms with E-state index in [4.69, 9.17) is 0 Å². The van der Waals surface area contributed by atoms with Gasteiger partial charge in [-0.3, -0.25) is 8.80 Å². The van der Waals surface area contributed by atoms with Crippen LogP contribution in [0.3, 0.4) is 0 Å². The summed E-state index contributed by atoms with van der Waals surface area (Å²) in [6.45, 7) is 5.88. The van der Waals surface area contributed by atoms with Crippen LogP contribution >= 0.6 is 15.9 Å². The zero-order valence-corrected chi connectivity index (χ0v) is 12.3. The van der Waals surface area contributed by atoms with Crippen molar-refractivity contribution >= 4 is 44.2 Å². The molecule has 6 heteroatoms. The monoisotopic (exact) mass is 327 g/mol. The predicted molar refractivity (Wildman–Crippen MR) is 81.8 cm³/mol. The van der Waals surface area contributed by atoms with Crippen LogP contribution in [-0.4, -0.2) is 24.0 Å². The lowest BCUT2D eigenvalue weighted by molar-refractivity contribution is 1.10. The van der Waals surface area contributed by atoms with Crippen LogP contribution in [0.4, 0.5) is 0 Å². The molecule has 0 saturated carbocycles. The van der Waals surface area contributed by atoms with Gasteiger partial charge in [0.2, 0.25) is 0 Å². The largest absolute Gasteiger partial charge is 0.282 e. The van der Waals surface area contributed by atoms with E-state index in [0.717, 1.165) is 37.9 Å². The minimum atomic E-state index is 0.809. The number of benzene rings is 1. The maximum atomic E-state index is 4.40. The van der Waals surface area contributed by atoms with Crippen molar-refractivity contribution in [2.45, 2.75) is 6.92 Å². The normalized spacial score (nSPS) is 11.7. The first-order chi connectivity index (χ1) is 9.70. The first-order valence-corrected chi connectivity index (χ1v) is 6.91. The van der Waals surface area contributed by atoms with Crippen LogP contribution in [0.1, 0.15) is 11.3 Å². The third kappa shape index (κ3) is 1.34. The van der Waals surface area contributed by atoms with Gasteiger partial charge in [-0.05, 0) is 46.6 Å². The summed E-state index contributed by atoms with van der Waals surface area (Å²) < 4.78 is 4.99. The number of fused-ring (bicyclic) bond motifs is 6. The highest BCUT2D eigenvalue weighted by Crippen LogP contribution is 2.30. The van der Waals surface area contributed by atoms with E-state index < -0.39 is 0 Å². The van der Waals surface area contributed by atoms with Gasteiger partial charge in [-0.15, -0.1) is 10.2 Å². The van der Waals surface area contributed by atoms with Gasteiger partial charge in [-0.25, -0.2) is 4.98 Å². The first kappa shape index (κ1) is 11.6. The standard InChI is InChI=1S/C14H10BrN5/c1-3-11-14-19(6-16-11)12-9(4-8(2)5-10(12)15)13-18-17-7-20(13)14/h3-7H,1H2,2H3. The molecule has 20 heavy (non-hydrogen) atoms. The highest BCUT2D eigenvalue weighted by atomic mass is 79.9. The van der Waals surface area contributed by atoms with Gasteiger partial charge in [0, 0.05) is 9.86 Å². The molecule has 4 rings (SSSR count). The number of nitrogens with zero attached hydrogens (tertiary/aromatic N) is 5. The van der Waals surface area contributed by atoms with Crippen LogP contribution < -0.4 is 0 Å². The van der Waals surface area contributed by atoms with Gasteiger partial charge in [0.25, 0.3) is 0 Å². The van der Waals surface area contributed by atoms with E-state index in [1.54, 1.807) is 18.7 Å². The summed E-state index contributed by atoms with van der Waals surface area (Å²) in [7, 11) is 0. The fourth-order valence-corrected chi connectivity index (χ4v) is 3.39. The average Bonchev–Trinajstić information content (AvgIpc) is 3.03. The molecule has 0 aliphatic carbocycles. The van der Waals surface area contributed by atoms with E-state index in [0.29, 0.717) is 0 Å². The molecule has 4 aromatic rings. The van der Waals surface area contributed by atoms with E-state index >= 15 is 0 Å². The molecule has 0 fully saturated rings. The minimum absolute atomic E-state index is 0.809. The highest BCUT2D eigenvalue weighted by molar-refractivity contribution is 9.10. The molecule has 0 aliphatic rings. The third-order valence-electron chi connectivity index (χ3n) is 3.43. The summed E-state index contributed by atoms with van der Waals surface area (Å²) in [5, 5.41) is 9.33. The van der Waals surface area contributed by atoms with Gasteiger partial charge >= 0.3 is 0 Å². The Labute approximate surface area is 122 Å². The summed E-state index contributed by atoms with van der Waals surface area (Å²) in [6.07, 6.45) is 5.24. The molecule has 5 nitrogen and oxygen atoms in total. The summed E-state index contributed by atoms with van der Waals surface area (Å²) in [5.74, 6) is 0. The lowest BCUT2D eigenvalue weighted by Gasteiger charge is -2.09. The molecule has 0 atom stereocenters. The molecule has 0 N–H and O–H groups in total. The molecular formula is C14H10BrN5. The van der Waals surface area contributed by atoms with Crippen molar-refractivity contribution in [2.75, 3.05) is 0 Å². The topological polar surface area (TPSA) is 47.5 Å². The van der Waals surface area contributed by atoms with E-state index in [9.17, 15) is 0 Å². The first-order valence-electron chi connectivity index (χ1n) is 6.12. The molecule has 0 aliphatic heterocycles. The number of aryl methyl sites for hydroxylation is 1. The van der Waals surface area contributed by atoms with Crippen LogP contribution in [-0.2, 0) is 0 Å². The number of hydrogen-bond donors (Lipinski definition) is 0. The third-order valence-corrected chi connectivity index (χ3v) is 4.03. The van der Waals surface area contributed by atoms with Gasteiger partial charge in [0.15, 0.2) is 11.3 Å². The van der Waals surface area contributed by atoms with E-state index in [1.165, 1.54) is 0 Å². The van der Waals surface area contributed by atoms with Gasteiger partial charge in [0.1, 0.15) is 18.3 Å². The summed E-state index contributed by atoms with van der Waals surface area (Å²) in [4.78, 5) is 4.40. The molecule has 0 spiro atoms. The number of imidazole rings is 1. The lowest BCUT2D eigenvalue weighted by atomic mass is 10.1. The van der Waals surface area contributed by atoms with Gasteiger partial charge in [-0.1, -0.05) is 6.58 Å². The number of rotatable bonds is 1. The summed E-state index contributed by atoms with van der Waals surface area (Å²) in [6, 6.07) is 4.19. The number of aromatic nitrogens is 5. The Bertz CT molecular complexity index is 995. The molecule has 0 saturated heterocycles. The van der Waals surface area contributed by atoms with Crippen molar-refractivity contribution in [1.82, 2.24) is 24.0 Å². The van der Waals surface area contributed by atoms with Crippen molar-refractivity contribution < 1.29 is 0 Å². The zero-order valence-electron chi connectivity index (χ0n) is 10.7. The fourth-order valence-electron chi connectivity index (χ4n) is 2.63. The Hall–Kier alpha value is -2.21. The highest BCUT2D eigenvalue weighted by Gasteiger charge is 2.15. The van der Waals surface area contributed by atoms with Gasteiger partial charge < -0.3 is 0 Å². The zero-order chi connectivity index (χ0) is 13.9. The van der Waals surface area contributed by atoms with Crippen molar-refractivity contribution in [3.63, 3.8) is 0 Å². The number of halogens is 1. The van der Waals surface area contributed by atoms with E-state index in [2.05, 4.69) is 56.7 Å². The Morgan fingerprint density at radius 1 is 1.25 bits per heavy atom. The molecular weight excluding hydrogens is 318 g/mol. The van der Waals surface area contributed by atoms with Crippen molar-refractivity contribution in [1.29, 1.82) is 0 Å².